The van der Waals surface area contributed by atoms with E-state index in [0.29, 0.717) is 6.07 Å². The average molecular weight is 445 g/mol. The first-order valence-corrected chi connectivity index (χ1v) is 9.33. The van der Waals surface area contributed by atoms with Crippen LogP contribution in [0.5, 0.6) is 0 Å². The van der Waals surface area contributed by atoms with Crippen molar-refractivity contribution in [1.29, 1.82) is 0 Å². The summed E-state index contributed by atoms with van der Waals surface area (Å²) < 4.78 is 55.1. The van der Waals surface area contributed by atoms with Gasteiger partial charge >= 0.3 is 11.9 Å². The summed E-state index contributed by atoms with van der Waals surface area (Å²) in [6.07, 6.45) is -4.85. The molecule has 1 heterocycles. The number of benzene rings is 2. The summed E-state index contributed by atoms with van der Waals surface area (Å²) in [6, 6.07) is 4.99. The molecule has 12 heteroatoms. The fourth-order valence-electron chi connectivity index (χ4n) is 2.84. The maximum Gasteiger partial charge on any atom is 0.417 e. The molecule has 0 atom stereocenters. The normalized spacial score (nSPS) is 12.1. The summed E-state index contributed by atoms with van der Waals surface area (Å²) in [5.74, 6) is -0.773. The van der Waals surface area contributed by atoms with Gasteiger partial charge in [0.15, 0.2) is 0 Å². The maximum absolute atomic E-state index is 13.9. The van der Waals surface area contributed by atoms with Gasteiger partial charge in [-0.3, -0.25) is 14.6 Å². The van der Waals surface area contributed by atoms with Crippen LogP contribution in [-0.2, 0) is 11.0 Å². The van der Waals surface area contributed by atoms with Crippen molar-refractivity contribution < 1.29 is 27.5 Å². The number of fused-ring (bicyclic) bond motifs is 1. The maximum atomic E-state index is 13.9. The molecule has 0 amide bonds. The van der Waals surface area contributed by atoms with E-state index in [-0.39, 0.29) is 32.8 Å². The van der Waals surface area contributed by atoms with Crippen LogP contribution in [0, 0.1) is 5.82 Å². The molecule has 0 radical (unpaired) electrons. The van der Waals surface area contributed by atoms with Crippen LogP contribution in [0.2, 0.25) is 0 Å². The molecule has 1 aromatic heterocycles. The number of halogens is 4. The van der Waals surface area contributed by atoms with E-state index in [1.807, 2.05) is 4.98 Å². The molecule has 0 spiro atoms. The Hall–Kier alpha value is -2.67. The largest absolute Gasteiger partial charge is 0.417 e. The fraction of sp³-hybridized carbons (Fsp3) is 0.222. The summed E-state index contributed by atoms with van der Waals surface area (Å²) in [5, 5.41) is 9.93. The standard InChI is InChI=1S/C18H15F4N3O4S/c1-29-25(7-26)8-30-15-13(9-2-4-10(19)5-3-9)12(18(20,21)22)6-11-14(15)23-17(28)24-16(11)27/h2-6,26H,7-8H2,1H3,(H2,23,24,27,28). The lowest BCUT2D eigenvalue weighted by Crippen LogP contribution is -2.24. The van der Waals surface area contributed by atoms with Crippen LogP contribution in [0.1, 0.15) is 5.56 Å². The second-order valence-electron chi connectivity index (χ2n) is 6.04. The summed E-state index contributed by atoms with van der Waals surface area (Å²) in [5.41, 5.74) is -3.44. The third-order valence-corrected chi connectivity index (χ3v) is 5.31. The zero-order valence-corrected chi connectivity index (χ0v) is 16.2. The molecular weight excluding hydrogens is 430 g/mol. The fourth-order valence-corrected chi connectivity index (χ4v) is 3.97. The number of aromatic nitrogens is 2. The molecule has 0 aliphatic heterocycles. The van der Waals surface area contributed by atoms with Crippen molar-refractivity contribution in [2.75, 3.05) is 19.7 Å². The quantitative estimate of drug-likeness (QED) is 0.234. The zero-order valence-electron chi connectivity index (χ0n) is 15.3. The van der Waals surface area contributed by atoms with Gasteiger partial charge < -0.3 is 10.1 Å². The molecule has 7 nitrogen and oxygen atoms in total. The van der Waals surface area contributed by atoms with Crippen molar-refractivity contribution in [2.24, 2.45) is 0 Å². The summed E-state index contributed by atoms with van der Waals surface area (Å²) in [4.78, 5) is 33.1. The van der Waals surface area contributed by atoms with Crippen molar-refractivity contribution in [3.05, 3.63) is 62.6 Å². The summed E-state index contributed by atoms with van der Waals surface area (Å²) in [7, 11) is 1.26. The van der Waals surface area contributed by atoms with Gasteiger partial charge in [0.25, 0.3) is 5.56 Å². The topological polar surface area (TPSA) is 98.4 Å². The molecule has 0 saturated heterocycles. The summed E-state index contributed by atoms with van der Waals surface area (Å²) >= 11 is 0.805. The van der Waals surface area contributed by atoms with Crippen LogP contribution in [-0.4, -0.2) is 39.9 Å². The number of H-pyrrole nitrogens is 2. The number of rotatable bonds is 6. The van der Waals surface area contributed by atoms with Crippen molar-refractivity contribution >= 4 is 22.7 Å². The van der Waals surface area contributed by atoms with Crippen LogP contribution in [0.4, 0.5) is 17.6 Å². The number of thioether (sulfide) groups is 1. The van der Waals surface area contributed by atoms with Gasteiger partial charge in [0.1, 0.15) is 12.5 Å². The van der Waals surface area contributed by atoms with Gasteiger partial charge in [-0.1, -0.05) is 12.1 Å². The smallest absolute Gasteiger partial charge is 0.379 e. The number of alkyl halides is 3. The molecule has 0 aliphatic rings. The van der Waals surface area contributed by atoms with Crippen molar-refractivity contribution in [2.45, 2.75) is 11.1 Å². The minimum absolute atomic E-state index is 0.0298. The number of aliphatic hydroxyl groups excluding tert-OH is 1. The molecule has 3 aromatic rings. The Morgan fingerprint density at radius 3 is 2.40 bits per heavy atom. The van der Waals surface area contributed by atoms with E-state index in [0.717, 1.165) is 29.0 Å². The van der Waals surface area contributed by atoms with Gasteiger partial charge in [-0.2, -0.15) is 18.2 Å². The van der Waals surface area contributed by atoms with Crippen molar-refractivity contribution in [3.63, 3.8) is 0 Å². The predicted molar refractivity (Wildman–Crippen MR) is 102 cm³/mol. The second-order valence-corrected chi connectivity index (χ2v) is 7.00. The minimum atomic E-state index is -4.85. The number of hydroxylamine groups is 2. The average Bonchev–Trinajstić information content (AvgIpc) is 2.68. The van der Waals surface area contributed by atoms with Crippen LogP contribution in [0.25, 0.3) is 22.0 Å². The molecule has 0 bridgehead atoms. The Bertz CT molecular complexity index is 1170. The number of aliphatic hydroxyl groups is 1. The van der Waals surface area contributed by atoms with E-state index < -0.39 is 35.5 Å². The van der Waals surface area contributed by atoms with Crippen LogP contribution in [0.3, 0.4) is 0 Å². The molecule has 0 aliphatic carbocycles. The number of aromatic amines is 2. The monoisotopic (exact) mass is 445 g/mol. The Morgan fingerprint density at radius 1 is 1.17 bits per heavy atom. The molecule has 3 rings (SSSR count). The van der Waals surface area contributed by atoms with E-state index in [9.17, 15) is 32.3 Å². The lowest BCUT2D eigenvalue weighted by Gasteiger charge is -2.21. The molecule has 0 unspecified atom stereocenters. The Balaban J connectivity index is 2.41. The van der Waals surface area contributed by atoms with Gasteiger partial charge in [-0.25, -0.2) is 9.18 Å². The van der Waals surface area contributed by atoms with Crippen LogP contribution < -0.4 is 11.2 Å². The number of hydrogen-bond acceptors (Lipinski definition) is 6. The number of nitrogens with zero attached hydrogens (tertiary/aromatic N) is 1. The van der Waals surface area contributed by atoms with Crippen molar-refractivity contribution in [3.8, 4) is 11.1 Å². The zero-order chi connectivity index (χ0) is 22.1. The molecule has 2 aromatic carbocycles. The van der Waals surface area contributed by atoms with Gasteiger partial charge in [0, 0.05) is 10.5 Å². The highest BCUT2D eigenvalue weighted by atomic mass is 32.2. The van der Waals surface area contributed by atoms with E-state index >= 15 is 0 Å². The highest BCUT2D eigenvalue weighted by Gasteiger charge is 2.36. The highest BCUT2D eigenvalue weighted by Crippen LogP contribution is 2.45. The van der Waals surface area contributed by atoms with Crippen LogP contribution >= 0.6 is 11.8 Å². The van der Waals surface area contributed by atoms with Crippen LogP contribution in [0.15, 0.2) is 44.8 Å². The van der Waals surface area contributed by atoms with E-state index in [1.165, 1.54) is 19.2 Å². The first kappa shape index (κ1) is 22.0. The lowest BCUT2D eigenvalue weighted by molar-refractivity contribution is -0.158. The van der Waals surface area contributed by atoms with E-state index in [2.05, 4.69) is 4.98 Å². The highest BCUT2D eigenvalue weighted by molar-refractivity contribution is 7.99. The van der Waals surface area contributed by atoms with Gasteiger partial charge in [0.05, 0.1) is 29.5 Å². The first-order valence-electron chi connectivity index (χ1n) is 8.35. The molecule has 3 N–H and O–H groups in total. The Morgan fingerprint density at radius 2 is 1.83 bits per heavy atom. The first-order chi connectivity index (χ1) is 14.2. The molecule has 0 fully saturated rings. The lowest BCUT2D eigenvalue weighted by atomic mass is 9.97. The van der Waals surface area contributed by atoms with Gasteiger partial charge in [-0.05, 0) is 23.8 Å². The third kappa shape index (κ3) is 4.41. The number of nitrogens with one attached hydrogen (secondary N) is 2. The molecular formula is C18H15F4N3O4S. The van der Waals surface area contributed by atoms with Crippen molar-refractivity contribution in [1.82, 2.24) is 15.0 Å². The third-order valence-electron chi connectivity index (χ3n) is 4.20. The molecule has 0 saturated carbocycles. The predicted octanol–water partition coefficient (Wildman–Crippen LogP) is 2.90. The second kappa shape index (κ2) is 8.60. The van der Waals surface area contributed by atoms with Gasteiger partial charge in [-0.15, -0.1) is 11.8 Å². The number of hydrogen-bond donors (Lipinski definition) is 3. The van der Waals surface area contributed by atoms with E-state index in [4.69, 9.17) is 4.84 Å². The van der Waals surface area contributed by atoms with E-state index in [1.54, 1.807) is 0 Å². The minimum Gasteiger partial charge on any atom is -0.379 e. The summed E-state index contributed by atoms with van der Waals surface area (Å²) in [6.45, 7) is -0.552. The Labute approximate surface area is 170 Å². The SMILES string of the molecule is CON(CO)CSc1c(-c2ccc(F)cc2)c(C(F)(F)F)cc2c(=O)[nH]c(=O)[nH]c12. The molecule has 160 valence electrons. The Kier molecular flexibility index (Phi) is 6.31. The molecule has 30 heavy (non-hydrogen) atoms. The van der Waals surface area contributed by atoms with Gasteiger partial charge in [0.2, 0.25) is 0 Å².